The molecule has 0 radical (unpaired) electrons. The molecule has 3 aliphatic rings. The van der Waals surface area contributed by atoms with Crippen LogP contribution in [0.2, 0.25) is 5.02 Å². The first-order valence-electron chi connectivity index (χ1n) is 20.0. The van der Waals surface area contributed by atoms with E-state index >= 15 is 0 Å². The number of benzene rings is 2. The van der Waals surface area contributed by atoms with E-state index in [4.69, 9.17) is 40.0 Å². The van der Waals surface area contributed by atoms with Crippen molar-refractivity contribution in [1.29, 1.82) is 0 Å². The molecule has 1 saturated heterocycles. The van der Waals surface area contributed by atoms with E-state index < -0.39 is 60.5 Å². The average Bonchev–Trinajstić information content (AvgIpc) is 4.14. The number of aryl methyl sites for hydroxylation is 1. The Balaban J connectivity index is 1.10. The third-order valence-corrected chi connectivity index (χ3v) is 11.2. The second-order valence-corrected chi connectivity index (χ2v) is 15.8. The maximum atomic E-state index is 13.6. The fourth-order valence-electron chi connectivity index (χ4n) is 7.70. The molecule has 316 valence electrons. The smallest absolute Gasteiger partial charge is 0.305 e. The van der Waals surface area contributed by atoms with Gasteiger partial charge in [0.05, 0.1) is 6.10 Å². The Bertz CT molecular complexity index is 2020. The van der Waals surface area contributed by atoms with E-state index in [9.17, 15) is 29.1 Å². The first kappa shape index (κ1) is 43.5. The van der Waals surface area contributed by atoms with Gasteiger partial charge in [-0.1, -0.05) is 41.9 Å². The summed E-state index contributed by atoms with van der Waals surface area (Å²) in [6, 6.07) is 16.1. The third-order valence-electron chi connectivity index (χ3n) is 10.8. The van der Waals surface area contributed by atoms with Gasteiger partial charge in [-0.15, -0.1) is 0 Å². The fourth-order valence-corrected chi connectivity index (χ4v) is 7.91. The predicted molar refractivity (Wildman–Crippen MR) is 213 cm³/mol. The van der Waals surface area contributed by atoms with Crippen LogP contribution in [0.3, 0.4) is 0 Å². The second kappa shape index (κ2) is 19.3. The molecule has 2 aliphatic carbocycles. The molecule has 2 unspecified atom stereocenters. The quantitative estimate of drug-likeness (QED) is 0.0909. The summed E-state index contributed by atoms with van der Waals surface area (Å²) < 4.78 is 33.2. The maximum absolute atomic E-state index is 13.6. The fraction of sp³-hybridized carbons (Fsp3) is 0.500. The minimum Gasteiger partial charge on any atom is -0.490 e. The van der Waals surface area contributed by atoms with E-state index in [1.54, 1.807) is 0 Å². The van der Waals surface area contributed by atoms with Gasteiger partial charge in [-0.2, -0.15) is 0 Å². The summed E-state index contributed by atoms with van der Waals surface area (Å²) in [5.41, 5.74) is 5.27. The van der Waals surface area contributed by atoms with E-state index in [1.165, 1.54) is 5.56 Å². The van der Waals surface area contributed by atoms with Crippen molar-refractivity contribution in [1.82, 2.24) is 10.3 Å². The lowest BCUT2D eigenvalue weighted by molar-refractivity contribution is -0.290. The van der Waals surface area contributed by atoms with Gasteiger partial charge in [0, 0.05) is 69.7 Å². The summed E-state index contributed by atoms with van der Waals surface area (Å²) in [5.74, 6) is -3.45. The summed E-state index contributed by atoms with van der Waals surface area (Å²) in [5, 5.41) is 13.9. The van der Waals surface area contributed by atoms with E-state index in [1.807, 2.05) is 48.8 Å². The number of aliphatic hydroxyl groups excluding tert-OH is 1. The third kappa shape index (κ3) is 11.2. The van der Waals surface area contributed by atoms with Crippen LogP contribution in [0.1, 0.15) is 95.2 Å². The van der Waals surface area contributed by atoms with E-state index in [-0.39, 0.29) is 30.6 Å². The maximum Gasteiger partial charge on any atom is 0.305 e. The van der Waals surface area contributed by atoms with Crippen LogP contribution in [0.5, 0.6) is 5.75 Å². The second-order valence-electron chi connectivity index (χ2n) is 15.4. The standard InChI is InChI=1S/C44H51ClN2O12/c1-25(49)54-38-39(55-26(2)50)41(56-27(3)51)43(57-28(4)52)59-40(38)42(53)47-20-7-8-31(24-48)29-11-14-36(45)30(22-29)15-17-44(18-19-44)35-23-46-21-16-33(35)34-9-5-6-10-37(34)58-32-12-13-32/h5-6,9-11,14,16,21-23,31-32,38-41,43,48H,7-8,12-13,15,17-20,24H2,1-4H3,(H,47,53)/t31?,38-,39-,40-,41+,43?/m0/s1. The Morgan fingerprint density at radius 2 is 1.56 bits per heavy atom. The van der Waals surface area contributed by atoms with E-state index in [0.29, 0.717) is 17.9 Å². The van der Waals surface area contributed by atoms with Gasteiger partial charge >= 0.3 is 23.9 Å². The van der Waals surface area contributed by atoms with Crippen molar-refractivity contribution in [3.8, 4) is 16.9 Å². The molecule has 6 atom stereocenters. The van der Waals surface area contributed by atoms with Gasteiger partial charge in [0.1, 0.15) is 5.75 Å². The Morgan fingerprint density at radius 3 is 2.22 bits per heavy atom. The van der Waals surface area contributed by atoms with Crippen LogP contribution in [0.25, 0.3) is 11.1 Å². The van der Waals surface area contributed by atoms with E-state index in [0.717, 1.165) is 94.2 Å². The molecule has 1 amide bonds. The molecule has 0 spiro atoms. The molecule has 2 N–H and O–H groups in total. The molecular weight excluding hydrogens is 784 g/mol. The Kier molecular flexibility index (Phi) is 14.3. The van der Waals surface area contributed by atoms with Crippen molar-refractivity contribution >= 4 is 41.4 Å². The molecule has 59 heavy (non-hydrogen) atoms. The highest BCUT2D eigenvalue weighted by Gasteiger charge is 2.55. The Morgan fingerprint density at radius 1 is 0.881 bits per heavy atom. The van der Waals surface area contributed by atoms with Gasteiger partial charge in [0.2, 0.25) is 12.4 Å². The number of carbonyl (C=O) groups excluding carboxylic acids is 5. The highest BCUT2D eigenvalue weighted by atomic mass is 35.5. The van der Waals surface area contributed by atoms with E-state index in [2.05, 4.69) is 22.4 Å². The monoisotopic (exact) mass is 834 g/mol. The van der Waals surface area contributed by atoms with Crippen LogP contribution in [-0.4, -0.2) is 89.8 Å². The molecule has 2 heterocycles. The number of nitrogens with zero attached hydrogens (tertiary/aromatic N) is 1. The molecule has 0 bridgehead atoms. The summed E-state index contributed by atoms with van der Waals surface area (Å²) in [4.78, 5) is 66.2. The number of rotatable bonds is 18. The zero-order valence-electron chi connectivity index (χ0n) is 33.6. The molecule has 3 fully saturated rings. The van der Waals surface area contributed by atoms with Crippen molar-refractivity contribution in [2.75, 3.05) is 13.2 Å². The number of esters is 4. The van der Waals surface area contributed by atoms with Crippen LogP contribution >= 0.6 is 11.6 Å². The molecular formula is C44H51ClN2O12. The van der Waals surface area contributed by atoms with Crippen molar-refractivity contribution in [2.45, 2.75) is 127 Å². The van der Waals surface area contributed by atoms with Gasteiger partial charge in [-0.05, 0) is 97.2 Å². The van der Waals surface area contributed by atoms with Gasteiger partial charge in [-0.3, -0.25) is 29.0 Å². The lowest BCUT2D eigenvalue weighted by Crippen LogP contribution is -2.65. The Hall–Kier alpha value is -5.05. The number of pyridine rings is 1. The zero-order valence-corrected chi connectivity index (χ0v) is 34.4. The summed E-state index contributed by atoms with van der Waals surface area (Å²) >= 11 is 6.77. The van der Waals surface area contributed by atoms with Gasteiger partial charge in [-0.25, -0.2) is 0 Å². The van der Waals surface area contributed by atoms with Crippen LogP contribution in [0.15, 0.2) is 60.9 Å². The van der Waals surface area contributed by atoms with Crippen molar-refractivity contribution in [3.05, 3.63) is 82.6 Å². The normalized spacial score (nSPS) is 22.3. The number of aromatic nitrogens is 1. The van der Waals surface area contributed by atoms with Crippen LogP contribution in [0, 0.1) is 0 Å². The molecule has 3 aromatic rings. The molecule has 1 aromatic heterocycles. The summed E-state index contributed by atoms with van der Waals surface area (Å²) in [6.45, 7) is 4.30. The first-order chi connectivity index (χ1) is 28.3. The highest BCUT2D eigenvalue weighted by Crippen LogP contribution is 2.55. The largest absolute Gasteiger partial charge is 0.490 e. The Labute approximate surface area is 348 Å². The zero-order chi connectivity index (χ0) is 42.3. The van der Waals surface area contributed by atoms with Crippen molar-refractivity contribution < 1.29 is 57.5 Å². The molecule has 15 heteroatoms. The number of hydrogen-bond acceptors (Lipinski definition) is 13. The molecule has 2 saturated carbocycles. The van der Waals surface area contributed by atoms with Gasteiger partial charge in [0.25, 0.3) is 5.91 Å². The lowest BCUT2D eigenvalue weighted by Gasteiger charge is -2.43. The van der Waals surface area contributed by atoms with Gasteiger partial charge < -0.3 is 38.8 Å². The predicted octanol–water partition coefficient (Wildman–Crippen LogP) is 5.66. The number of nitrogens with one attached hydrogen (secondary N) is 1. The SMILES string of the molecule is CC(=O)OC1O[C@H](C(=O)NCCCC(CO)c2ccc(Cl)c(CCC3(c4cnccc4-c4ccccc4OC4CC4)CC3)c2)[C@@H](OC(C)=O)[C@H](OC(C)=O)[C@H]1OC(C)=O. The topological polar surface area (TPSA) is 186 Å². The molecule has 2 aromatic carbocycles. The number of carbonyl (C=O) groups is 5. The van der Waals surface area contributed by atoms with Crippen LogP contribution < -0.4 is 10.1 Å². The number of amides is 1. The van der Waals surface area contributed by atoms with Crippen molar-refractivity contribution in [3.63, 3.8) is 0 Å². The summed E-state index contributed by atoms with van der Waals surface area (Å²) in [7, 11) is 0. The van der Waals surface area contributed by atoms with Crippen molar-refractivity contribution in [2.24, 2.45) is 0 Å². The van der Waals surface area contributed by atoms with Crippen LogP contribution in [0.4, 0.5) is 0 Å². The number of hydrogen-bond donors (Lipinski definition) is 2. The summed E-state index contributed by atoms with van der Waals surface area (Å²) in [6.07, 6.45) is 2.91. The number of ether oxygens (including phenoxy) is 6. The first-order valence-corrected chi connectivity index (χ1v) is 20.4. The minimum atomic E-state index is -1.66. The molecule has 1 aliphatic heterocycles. The average molecular weight is 835 g/mol. The molecule has 6 rings (SSSR count). The van der Waals surface area contributed by atoms with Gasteiger partial charge in [0.15, 0.2) is 18.3 Å². The number of aliphatic hydroxyl groups is 1. The number of para-hydroxylation sites is 1. The lowest BCUT2D eigenvalue weighted by atomic mass is 9.84. The highest BCUT2D eigenvalue weighted by molar-refractivity contribution is 6.31. The van der Waals surface area contributed by atoms with Crippen LogP contribution in [-0.2, 0) is 59.5 Å². The molecule has 14 nitrogen and oxygen atoms in total. The minimum absolute atomic E-state index is 0.0432. The number of halogens is 1.